The SMILES string of the molecule is COc1ccc(-c2cc(-c3ncccn3)cc(-c3ccccc3)n2)cc1. The van der Waals surface area contributed by atoms with E-state index in [0.29, 0.717) is 5.82 Å². The van der Waals surface area contributed by atoms with E-state index in [-0.39, 0.29) is 0 Å². The zero-order chi connectivity index (χ0) is 17.8. The Balaban J connectivity index is 1.87. The van der Waals surface area contributed by atoms with Gasteiger partial charge in [0.25, 0.3) is 0 Å². The molecular formula is C22H17N3O. The summed E-state index contributed by atoms with van der Waals surface area (Å²) >= 11 is 0. The summed E-state index contributed by atoms with van der Waals surface area (Å²) in [6, 6.07) is 23.9. The Morgan fingerprint density at radius 2 is 1.27 bits per heavy atom. The van der Waals surface area contributed by atoms with E-state index in [2.05, 4.69) is 22.1 Å². The second-order valence-electron chi connectivity index (χ2n) is 5.79. The van der Waals surface area contributed by atoms with Crippen molar-refractivity contribution in [1.82, 2.24) is 15.0 Å². The highest BCUT2D eigenvalue weighted by atomic mass is 16.5. The van der Waals surface area contributed by atoms with E-state index in [1.165, 1.54) is 0 Å². The summed E-state index contributed by atoms with van der Waals surface area (Å²) in [6.45, 7) is 0. The van der Waals surface area contributed by atoms with Crippen LogP contribution < -0.4 is 4.74 Å². The largest absolute Gasteiger partial charge is 0.497 e. The Kier molecular flexibility index (Phi) is 4.39. The summed E-state index contributed by atoms with van der Waals surface area (Å²) in [5.74, 6) is 1.50. The first kappa shape index (κ1) is 16.0. The minimum atomic E-state index is 0.682. The molecule has 0 aliphatic heterocycles. The zero-order valence-corrected chi connectivity index (χ0v) is 14.3. The quantitative estimate of drug-likeness (QED) is 0.531. The minimum Gasteiger partial charge on any atom is -0.497 e. The van der Waals surface area contributed by atoms with Crippen molar-refractivity contribution in [2.24, 2.45) is 0 Å². The van der Waals surface area contributed by atoms with Gasteiger partial charge in [0.15, 0.2) is 5.82 Å². The van der Waals surface area contributed by atoms with Gasteiger partial charge in [-0.3, -0.25) is 0 Å². The lowest BCUT2D eigenvalue weighted by molar-refractivity contribution is 0.415. The first-order valence-electron chi connectivity index (χ1n) is 8.33. The predicted molar refractivity (Wildman–Crippen MR) is 103 cm³/mol. The molecule has 2 heterocycles. The Labute approximate surface area is 152 Å². The van der Waals surface area contributed by atoms with Crippen molar-refractivity contribution in [2.45, 2.75) is 0 Å². The minimum absolute atomic E-state index is 0.682. The molecule has 4 heteroatoms. The number of rotatable bonds is 4. The smallest absolute Gasteiger partial charge is 0.159 e. The Morgan fingerprint density at radius 1 is 0.654 bits per heavy atom. The van der Waals surface area contributed by atoms with Gasteiger partial charge < -0.3 is 4.74 Å². The lowest BCUT2D eigenvalue weighted by Crippen LogP contribution is -1.93. The average molecular weight is 339 g/mol. The van der Waals surface area contributed by atoms with Crippen LogP contribution in [0.15, 0.2) is 85.2 Å². The van der Waals surface area contributed by atoms with Crippen molar-refractivity contribution in [3.8, 4) is 39.7 Å². The molecule has 0 radical (unpaired) electrons. The molecule has 26 heavy (non-hydrogen) atoms. The van der Waals surface area contributed by atoms with Gasteiger partial charge in [0, 0.05) is 29.1 Å². The highest BCUT2D eigenvalue weighted by Crippen LogP contribution is 2.29. The van der Waals surface area contributed by atoms with Gasteiger partial charge in [0.2, 0.25) is 0 Å². The molecule has 0 atom stereocenters. The zero-order valence-electron chi connectivity index (χ0n) is 14.3. The van der Waals surface area contributed by atoms with Crippen molar-refractivity contribution in [3.63, 3.8) is 0 Å². The molecule has 0 N–H and O–H groups in total. The van der Waals surface area contributed by atoms with Crippen LogP contribution in [0.25, 0.3) is 33.9 Å². The van der Waals surface area contributed by atoms with Gasteiger partial charge in [-0.1, -0.05) is 30.3 Å². The van der Waals surface area contributed by atoms with Crippen molar-refractivity contribution in [2.75, 3.05) is 7.11 Å². The number of hydrogen-bond acceptors (Lipinski definition) is 4. The summed E-state index contributed by atoms with van der Waals surface area (Å²) < 4.78 is 5.25. The third-order valence-corrected chi connectivity index (χ3v) is 4.10. The Hall–Kier alpha value is -3.53. The molecule has 4 aromatic rings. The van der Waals surface area contributed by atoms with E-state index >= 15 is 0 Å². The molecule has 0 saturated carbocycles. The maximum atomic E-state index is 5.25. The first-order valence-corrected chi connectivity index (χ1v) is 8.33. The molecule has 4 rings (SSSR count). The number of ether oxygens (including phenoxy) is 1. The van der Waals surface area contributed by atoms with Crippen LogP contribution in [0.4, 0.5) is 0 Å². The first-order chi connectivity index (χ1) is 12.8. The molecule has 0 aliphatic carbocycles. The molecule has 0 bridgehead atoms. The molecular weight excluding hydrogens is 322 g/mol. The molecule has 2 aromatic heterocycles. The molecule has 0 saturated heterocycles. The molecule has 126 valence electrons. The van der Waals surface area contributed by atoms with Crippen LogP contribution in [0.1, 0.15) is 0 Å². The molecule has 0 aliphatic rings. The number of aromatic nitrogens is 3. The fourth-order valence-electron chi connectivity index (χ4n) is 2.77. The van der Waals surface area contributed by atoms with Crippen LogP contribution >= 0.6 is 0 Å². The normalized spacial score (nSPS) is 10.5. The lowest BCUT2D eigenvalue weighted by Gasteiger charge is -2.09. The monoisotopic (exact) mass is 339 g/mol. The number of benzene rings is 2. The van der Waals surface area contributed by atoms with Crippen LogP contribution in [0, 0.1) is 0 Å². The van der Waals surface area contributed by atoms with E-state index in [4.69, 9.17) is 9.72 Å². The highest BCUT2D eigenvalue weighted by Gasteiger charge is 2.10. The van der Waals surface area contributed by atoms with E-state index in [1.807, 2.05) is 60.7 Å². The number of hydrogen-bond donors (Lipinski definition) is 0. The molecule has 2 aromatic carbocycles. The van der Waals surface area contributed by atoms with Crippen LogP contribution in [0.5, 0.6) is 5.75 Å². The average Bonchev–Trinajstić information content (AvgIpc) is 2.75. The number of methoxy groups -OCH3 is 1. The van der Waals surface area contributed by atoms with Crippen LogP contribution in [0.2, 0.25) is 0 Å². The molecule has 0 spiro atoms. The number of pyridine rings is 1. The second kappa shape index (κ2) is 7.15. The summed E-state index contributed by atoms with van der Waals surface area (Å²) in [6.07, 6.45) is 3.50. The molecule has 4 nitrogen and oxygen atoms in total. The van der Waals surface area contributed by atoms with Gasteiger partial charge in [-0.05, 0) is 42.5 Å². The topological polar surface area (TPSA) is 47.9 Å². The summed E-state index contributed by atoms with van der Waals surface area (Å²) in [5.41, 5.74) is 4.77. The maximum absolute atomic E-state index is 5.25. The summed E-state index contributed by atoms with van der Waals surface area (Å²) in [4.78, 5) is 13.6. The van der Waals surface area contributed by atoms with Gasteiger partial charge in [-0.25, -0.2) is 15.0 Å². The van der Waals surface area contributed by atoms with Crippen molar-refractivity contribution in [3.05, 3.63) is 85.2 Å². The molecule has 0 amide bonds. The predicted octanol–water partition coefficient (Wildman–Crippen LogP) is 4.88. The van der Waals surface area contributed by atoms with E-state index in [0.717, 1.165) is 33.8 Å². The third kappa shape index (κ3) is 3.30. The Bertz CT molecular complexity index is 943. The van der Waals surface area contributed by atoms with E-state index < -0.39 is 0 Å². The number of nitrogens with zero attached hydrogens (tertiary/aromatic N) is 3. The van der Waals surface area contributed by atoms with Crippen molar-refractivity contribution < 1.29 is 4.74 Å². The van der Waals surface area contributed by atoms with Crippen LogP contribution in [-0.4, -0.2) is 22.1 Å². The Morgan fingerprint density at radius 3 is 1.88 bits per heavy atom. The fourth-order valence-corrected chi connectivity index (χ4v) is 2.77. The van der Waals surface area contributed by atoms with Gasteiger partial charge in [0.1, 0.15) is 5.75 Å². The van der Waals surface area contributed by atoms with Gasteiger partial charge in [-0.15, -0.1) is 0 Å². The van der Waals surface area contributed by atoms with Crippen LogP contribution in [0.3, 0.4) is 0 Å². The summed E-state index contributed by atoms with van der Waals surface area (Å²) in [5, 5.41) is 0. The van der Waals surface area contributed by atoms with E-state index in [9.17, 15) is 0 Å². The molecule has 0 unspecified atom stereocenters. The third-order valence-electron chi connectivity index (χ3n) is 4.10. The van der Waals surface area contributed by atoms with Gasteiger partial charge >= 0.3 is 0 Å². The van der Waals surface area contributed by atoms with Crippen molar-refractivity contribution in [1.29, 1.82) is 0 Å². The second-order valence-corrected chi connectivity index (χ2v) is 5.79. The van der Waals surface area contributed by atoms with Crippen LogP contribution in [-0.2, 0) is 0 Å². The van der Waals surface area contributed by atoms with Gasteiger partial charge in [-0.2, -0.15) is 0 Å². The van der Waals surface area contributed by atoms with Crippen molar-refractivity contribution >= 4 is 0 Å². The molecule has 0 fully saturated rings. The standard InChI is InChI=1S/C22H17N3O/c1-26-19-10-8-17(9-11-19)21-15-18(22-23-12-5-13-24-22)14-20(25-21)16-6-3-2-4-7-16/h2-15H,1H3. The van der Waals surface area contributed by atoms with Gasteiger partial charge in [0.05, 0.1) is 18.5 Å². The van der Waals surface area contributed by atoms with E-state index in [1.54, 1.807) is 19.5 Å². The lowest BCUT2D eigenvalue weighted by atomic mass is 10.0. The fraction of sp³-hybridized carbons (Fsp3) is 0.0455. The highest BCUT2D eigenvalue weighted by molar-refractivity contribution is 5.74. The maximum Gasteiger partial charge on any atom is 0.159 e. The summed E-state index contributed by atoms with van der Waals surface area (Å²) in [7, 11) is 1.66.